The number of hydrogen-bond donors (Lipinski definition) is 1. The standard InChI is InChI=1S/C16H22N2S/c1-4-18-15(16-10-17-11-19-16)9-13-5-7-14(8-6-13)12(2)3/h5-8,10-12,15,18H,4,9H2,1-3H3. The molecule has 1 aromatic carbocycles. The van der Waals surface area contributed by atoms with Crippen LogP contribution < -0.4 is 5.32 Å². The Bertz CT molecular complexity index is 474. The lowest BCUT2D eigenvalue weighted by Gasteiger charge is -2.16. The van der Waals surface area contributed by atoms with E-state index in [9.17, 15) is 0 Å². The molecule has 1 heterocycles. The fourth-order valence-corrected chi connectivity index (χ4v) is 2.89. The summed E-state index contributed by atoms with van der Waals surface area (Å²) in [7, 11) is 0. The molecular weight excluding hydrogens is 252 g/mol. The predicted molar refractivity (Wildman–Crippen MR) is 82.8 cm³/mol. The van der Waals surface area contributed by atoms with Crippen molar-refractivity contribution in [3.8, 4) is 0 Å². The molecule has 19 heavy (non-hydrogen) atoms. The van der Waals surface area contributed by atoms with E-state index in [0.29, 0.717) is 12.0 Å². The molecule has 0 fully saturated rings. The van der Waals surface area contributed by atoms with Gasteiger partial charge in [-0.2, -0.15) is 0 Å². The number of hydrogen-bond acceptors (Lipinski definition) is 3. The molecule has 0 saturated heterocycles. The summed E-state index contributed by atoms with van der Waals surface area (Å²) in [6.07, 6.45) is 2.99. The lowest BCUT2D eigenvalue weighted by molar-refractivity contribution is 0.557. The molecule has 2 rings (SSSR count). The molecule has 0 amide bonds. The molecule has 0 aliphatic heterocycles. The molecule has 1 aromatic heterocycles. The highest BCUT2D eigenvalue weighted by molar-refractivity contribution is 7.09. The van der Waals surface area contributed by atoms with Crippen LogP contribution in [0.4, 0.5) is 0 Å². The molecule has 1 unspecified atom stereocenters. The van der Waals surface area contributed by atoms with Crippen LogP contribution in [-0.2, 0) is 6.42 Å². The van der Waals surface area contributed by atoms with Crippen molar-refractivity contribution in [2.75, 3.05) is 6.54 Å². The summed E-state index contributed by atoms with van der Waals surface area (Å²) in [5, 5.41) is 3.54. The zero-order valence-corrected chi connectivity index (χ0v) is 12.7. The molecule has 3 heteroatoms. The minimum absolute atomic E-state index is 0.377. The number of aromatic nitrogens is 1. The Hall–Kier alpha value is -1.19. The maximum Gasteiger partial charge on any atom is 0.0794 e. The van der Waals surface area contributed by atoms with Crippen LogP contribution in [0.15, 0.2) is 36.0 Å². The van der Waals surface area contributed by atoms with E-state index >= 15 is 0 Å². The summed E-state index contributed by atoms with van der Waals surface area (Å²) >= 11 is 1.72. The summed E-state index contributed by atoms with van der Waals surface area (Å²) in [6, 6.07) is 9.37. The van der Waals surface area contributed by atoms with Gasteiger partial charge in [-0.15, -0.1) is 11.3 Å². The third kappa shape index (κ3) is 3.88. The van der Waals surface area contributed by atoms with Crippen LogP contribution in [0.1, 0.15) is 48.7 Å². The van der Waals surface area contributed by atoms with Crippen LogP contribution in [0.25, 0.3) is 0 Å². The van der Waals surface area contributed by atoms with E-state index in [2.05, 4.69) is 55.3 Å². The Balaban J connectivity index is 2.09. The first-order valence-corrected chi connectivity index (χ1v) is 7.79. The molecule has 0 bridgehead atoms. The van der Waals surface area contributed by atoms with Gasteiger partial charge in [-0.05, 0) is 30.0 Å². The smallest absolute Gasteiger partial charge is 0.0794 e. The zero-order valence-electron chi connectivity index (χ0n) is 11.9. The minimum atomic E-state index is 0.377. The van der Waals surface area contributed by atoms with Gasteiger partial charge in [-0.1, -0.05) is 45.0 Å². The summed E-state index contributed by atoms with van der Waals surface area (Å²) < 4.78 is 0. The van der Waals surface area contributed by atoms with Crippen LogP contribution >= 0.6 is 11.3 Å². The van der Waals surface area contributed by atoms with Gasteiger partial charge in [0, 0.05) is 17.1 Å². The van der Waals surface area contributed by atoms with Crippen molar-refractivity contribution in [2.24, 2.45) is 0 Å². The van der Waals surface area contributed by atoms with E-state index in [0.717, 1.165) is 13.0 Å². The molecule has 102 valence electrons. The van der Waals surface area contributed by atoms with Gasteiger partial charge in [0.2, 0.25) is 0 Å². The number of benzene rings is 1. The minimum Gasteiger partial charge on any atom is -0.309 e. The van der Waals surface area contributed by atoms with E-state index in [1.807, 2.05) is 11.7 Å². The van der Waals surface area contributed by atoms with E-state index in [-0.39, 0.29) is 0 Å². The number of nitrogens with zero attached hydrogens (tertiary/aromatic N) is 1. The van der Waals surface area contributed by atoms with Gasteiger partial charge in [0.25, 0.3) is 0 Å². The number of likely N-dealkylation sites (N-methyl/N-ethyl adjacent to an activating group) is 1. The monoisotopic (exact) mass is 274 g/mol. The molecule has 0 aliphatic carbocycles. The lowest BCUT2D eigenvalue weighted by atomic mass is 9.99. The third-order valence-electron chi connectivity index (χ3n) is 3.33. The number of rotatable bonds is 6. The predicted octanol–water partition coefficient (Wildman–Crippen LogP) is 4.16. The van der Waals surface area contributed by atoms with E-state index in [1.165, 1.54) is 16.0 Å². The summed E-state index contributed by atoms with van der Waals surface area (Å²) in [6.45, 7) is 7.59. The highest BCUT2D eigenvalue weighted by Crippen LogP contribution is 2.23. The fourth-order valence-electron chi connectivity index (χ4n) is 2.19. The highest BCUT2D eigenvalue weighted by Gasteiger charge is 2.12. The number of nitrogens with one attached hydrogen (secondary N) is 1. The van der Waals surface area contributed by atoms with Crippen molar-refractivity contribution in [1.29, 1.82) is 0 Å². The van der Waals surface area contributed by atoms with Crippen LogP contribution in [0.3, 0.4) is 0 Å². The maximum atomic E-state index is 4.18. The Morgan fingerprint density at radius 3 is 2.47 bits per heavy atom. The van der Waals surface area contributed by atoms with Gasteiger partial charge in [0.05, 0.1) is 5.51 Å². The fraction of sp³-hybridized carbons (Fsp3) is 0.438. The quantitative estimate of drug-likeness (QED) is 0.855. The van der Waals surface area contributed by atoms with Crippen molar-refractivity contribution in [2.45, 2.75) is 39.2 Å². The Kier molecular flexibility index (Phi) is 5.11. The second-order valence-electron chi connectivity index (χ2n) is 5.11. The van der Waals surface area contributed by atoms with Gasteiger partial charge < -0.3 is 5.32 Å². The molecule has 2 aromatic rings. The molecule has 1 N–H and O–H groups in total. The lowest BCUT2D eigenvalue weighted by Crippen LogP contribution is -2.22. The third-order valence-corrected chi connectivity index (χ3v) is 4.22. The number of thiazole rings is 1. The maximum absolute atomic E-state index is 4.18. The molecule has 0 aliphatic rings. The SMILES string of the molecule is CCNC(Cc1ccc(C(C)C)cc1)c1cncs1. The molecule has 0 spiro atoms. The first-order chi connectivity index (χ1) is 9.20. The highest BCUT2D eigenvalue weighted by atomic mass is 32.1. The van der Waals surface area contributed by atoms with Crippen molar-refractivity contribution < 1.29 is 0 Å². The zero-order chi connectivity index (χ0) is 13.7. The van der Waals surface area contributed by atoms with Gasteiger partial charge in [-0.25, -0.2) is 0 Å². The molecule has 2 nitrogen and oxygen atoms in total. The largest absolute Gasteiger partial charge is 0.309 e. The summed E-state index contributed by atoms with van der Waals surface area (Å²) in [5.74, 6) is 0.597. The second-order valence-corrected chi connectivity index (χ2v) is 6.03. The van der Waals surface area contributed by atoms with Crippen LogP contribution in [0.5, 0.6) is 0 Å². The first kappa shape index (κ1) is 14.2. The van der Waals surface area contributed by atoms with Crippen molar-refractivity contribution >= 4 is 11.3 Å². The first-order valence-electron chi connectivity index (χ1n) is 6.91. The Morgan fingerprint density at radius 2 is 1.95 bits per heavy atom. The average Bonchev–Trinajstić information content (AvgIpc) is 2.92. The van der Waals surface area contributed by atoms with Crippen LogP contribution in [0, 0.1) is 0 Å². The van der Waals surface area contributed by atoms with Gasteiger partial charge in [0.15, 0.2) is 0 Å². The average molecular weight is 274 g/mol. The molecule has 0 saturated carbocycles. The van der Waals surface area contributed by atoms with Gasteiger partial charge in [0.1, 0.15) is 0 Å². The summed E-state index contributed by atoms with van der Waals surface area (Å²) in [5.41, 5.74) is 4.69. The van der Waals surface area contributed by atoms with E-state index in [4.69, 9.17) is 0 Å². The molecular formula is C16H22N2S. The Labute approximate surface area is 119 Å². The Morgan fingerprint density at radius 1 is 1.21 bits per heavy atom. The topological polar surface area (TPSA) is 24.9 Å². The van der Waals surface area contributed by atoms with Crippen molar-refractivity contribution in [1.82, 2.24) is 10.3 Å². The van der Waals surface area contributed by atoms with E-state index < -0.39 is 0 Å². The second kappa shape index (κ2) is 6.83. The van der Waals surface area contributed by atoms with Crippen molar-refractivity contribution in [3.05, 3.63) is 52.0 Å². The molecule has 0 radical (unpaired) electrons. The molecule has 1 atom stereocenters. The van der Waals surface area contributed by atoms with E-state index in [1.54, 1.807) is 11.3 Å². The van der Waals surface area contributed by atoms with Gasteiger partial charge in [-0.3, -0.25) is 4.98 Å². The summed E-state index contributed by atoms with van der Waals surface area (Å²) in [4.78, 5) is 5.50. The van der Waals surface area contributed by atoms with Crippen molar-refractivity contribution in [3.63, 3.8) is 0 Å². The van der Waals surface area contributed by atoms with Crippen LogP contribution in [0.2, 0.25) is 0 Å². The van der Waals surface area contributed by atoms with Gasteiger partial charge >= 0.3 is 0 Å². The normalized spacial score (nSPS) is 12.8. The van der Waals surface area contributed by atoms with Crippen LogP contribution in [-0.4, -0.2) is 11.5 Å².